The molecule has 2 heterocycles. The fourth-order valence-electron chi connectivity index (χ4n) is 3.07. The standard InChI is InChI=1S/C20H19N3O2/c1-13-3-7-15(8-4-13)19-21-20(25-22-19)16-11-18(24)23(12-16)17-9-5-14(2)6-10-17/h3-10,16H,11-12H2,1-2H3/t16-/m1/s1. The van der Waals surface area contributed by atoms with Gasteiger partial charge in [-0.2, -0.15) is 4.98 Å². The van der Waals surface area contributed by atoms with Gasteiger partial charge < -0.3 is 9.42 Å². The van der Waals surface area contributed by atoms with Crippen LogP contribution in [0.5, 0.6) is 0 Å². The summed E-state index contributed by atoms with van der Waals surface area (Å²) in [6.07, 6.45) is 0.392. The van der Waals surface area contributed by atoms with E-state index in [1.165, 1.54) is 11.1 Å². The number of anilines is 1. The minimum absolute atomic E-state index is 0.0690. The molecule has 0 spiro atoms. The summed E-state index contributed by atoms with van der Waals surface area (Å²) in [7, 11) is 0. The van der Waals surface area contributed by atoms with E-state index in [0.717, 1.165) is 11.3 Å². The van der Waals surface area contributed by atoms with E-state index in [2.05, 4.69) is 10.1 Å². The van der Waals surface area contributed by atoms with E-state index in [1.807, 2.05) is 62.4 Å². The summed E-state index contributed by atoms with van der Waals surface area (Å²) in [6.45, 7) is 4.64. The van der Waals surface area contributed by atoms with Gasteiger partial charge in [0, 0.05) is 24.2 Å². The zero-order valence-electron chi connectivity index (χ0n) is 14.3. The van der Waals surface area contributed by atoms with Crippen molar-refractivity contribution in [2.75, 3.05) is 11.4 Å². The highest BCUT2D eigenvalue weighted by Gasteiger charge is 2.35. The third kappa shape index (κ3) is 3.05. The van der Waals surface area contributed by atoms with E-state index in [0.29, 0.717) is 24.7 Å². The number of hydrogen-bond donors (Lipinski definition) is 0. The van der Waals surface area contributed by atoms with Crippen LogP contribution >= 0.6 is 0 Å². The minimum Gasteiger partial charge on any atom is -0.339 e. The summed E-state index contributed by atoms with van der Waals surface area (Å²) in [4.78, 5) is 18.7. The molecular weight excluding hydrogens is 314 g/mol. The Morgan fingerprint density at radius 1 is 1.00 bits per heavy atom. The molecule has 4 rings (SSSR count). The molecule has 5 heteroatoms. The molecule has 25 heavy (non-hydrogen) atoms. The fraction of sp³-hybridized carbons (Fsp3) is 0.250. The number of rotatable bonds is 3. The number of aromatic nitrogens is 2. The van der Waals surface area contributed by atoms with Crippen molar-refractivity contribution in [1.29, 1.82) is 0 Å². The third-order valence-electron chi connectivity index (χ3n) is 4.57. The molecule has 0 radical (unpaired) electrons. The second-order valence-electron chi connectivity index (χ2n) is 6.56. The Morgan fingerprint density at radius 2 is 1.64 bits per heavy atom. The van der Waals surface area contributed by atoms with Gasteiger partial charge in [-0.05, 0) is 26.0 Å². The number of carbonyl (C=O) groups excluding carboxylic acids is 1. The molecule has 0 unspecified atom stereocenters. The number of hydrogen-bond acceptors (Lipinski definition) is 4. The highest BCUT2D eigenvalue weighted by atomic mass is 16.5. The van der Waals surface area contributed by atoms with Gasteiger partial charge >= 0.3 is 0 Å². The van der Waals surface area contributed by atoms with Gasteiger partial charge in [0.25, 0.3) is 0 Å². The van der Waals surface area contributed by atoms with Gasteiger partial charge in [-0.15, -0.1) is 0 Å². The van der Waals surface area contributed by atoms with Crippen molar-refractivity contribution in [2.45, 2.75) is 26.2 Å². The summed E-state index contributed by atoms with van der Waals surface area (Å²) in [5.74, 6) is 1.11. The van der Waals surface area contributed by atoms with E-state index in [-0.39, 0.29) is 11.8 Å². The molecule has 126 valence electrons. The first kappa shape index (κ1) is 15.6. The third-order valence-corrected chi connectivity index (χ3v) is 4.57. The molecule has 5 nitrogen and oxygen atoms in total. The quantitative estimate of drug-likeness (QED) is 0.730. The Hall–Kier alpha value is -2.95. The van der Waals surface area contributed by atoms with Crippen molar-refractivity contribution in [3.8, 4) is 11.4 Å². The Morgan fingerprint density at radius 3 is 2.32 bits per heavy atom. The summed E-state index contributed by atoms with van der Waals surface area (Å²) >= 11 is 0. The van der Waals surface area contributed by atoms with Gasteiger partial charge in [-0.3, -0.25) is 4.79 Å². The van der Waals surface area contributed by atoms with E-state index in [4.69, 9.17) is 4.52 Å². The smallest absolute Gasteiger partial charge is 0.232 e. The van der Waals surface area contributed by atoms with Crippen LogP contribution in [0.3, 0.4) is 0 Å². The van der Waals surface area contributed by atoms with Crippen LogP contribution in [0.4, 0.5) is 5.69 Å². The molecule has 0 saturated carbocycles. The van der Waals surface area contributed by atoms with E-state index < -0.39 is 0 Å². The molecule has 0 aliphatic carbocycles. The second kappa shape index (κ2) is 6.16. The minimum atomic E-state index is -0.0690. The fourth-order valence-corrected chi connectivity index (χ4v) is 3.07. The van der Waals surface area contributed by atoms with Crippen LogP contribution in [0.1, 0.15) is 29.4 Å². The molecule has 1 saturated heterocycles. The van der Waals surface area contributed by atoms with Crippen LogP contribution in [0.2, 0.25) is 0 Å². The van der Waals surface area contributed by atoms with Crippen LogP contribution in [0.15, 0.2) is 53.1 Å². The van der Waals surface area contributed by atoms with Gasteiger partial charge in [-0.25, -0.2) is 0 Å². The summed E-state index contributed by atoms with van der Waals surface area (Å²) in [5.41, 5.74) is 4.19. The first-order valence-corrected chi connectivity index (χ1v) is 8.38. The number of carbonyl (C=O) groups is 1. The number of nitrogens with zero attached hydrogens (tertiary/aromatic N) is 3. The van der Waals surface area contributed by atoms with Crippen molar-refractivity contribution in [1.82, 2.24) is 10.1 Å². The monoisotopic (exact) mass is 333 g/mol. The number of aryl methyl sites for hydroxylation is 2. The Labute approximate surface area is 146 Å². The molecule has 0 bridgehead atoms. The lowest BCUT2D eigenvalue weighted by Crippen LogP contribution is -2.24. The van der Waals surface area contributed by atoms with Crippen molar-refractivity contribution in [2.24, 2.45) is 0 Å². The Kier molecular flexibility index (Phi) is 3.84. The zero-order chi connectivity index (χ0) is 17.4. The average Bonchev–Trinajstić information content (AvgIpc) is 3.23. The molecule has 0 N–H and O–H groups in total. The van der Waals surface area contributed by atoms with Crippen LogP contribution in [0.25, 0.3) is 11.4 Å². The van der Waals surface area contributed by atoms with Crippen LogP contribution in [-0.2, 0) is 4.79 Å². The maximum Gasteiger partial charge on any atom is 0.232 e. The normalized spacial score (nSPS) is 17.3. The first-order chi connectivity index (χ1) is 12.1. The van der Waals surface area contributed by atoms with Gasteiger partial charge in [0.05, 0.1) is 5.92 Å². The molecule has 1 aliphatic rings. The molecular formula is C20H19N3O2. The van der Waals surface area contributed by atoms with Gasteiger partial charge in [0.15, 0.2) is 0 Å². The van der Waals surface area contributed by atoms with E-state index in [9.17, 15) is 4.79 Å². The number of amides is 1. The van der Waals surface area contributed by atoms with Crippen molar-refractivity contribution in [3.05, 3.63) is 65.5 Å². The van der Waals surface area contributed by atoms with E-state index >= 15 is 0 Å². The highest BCUT2D eigenvalue weighted by molar-refractivity contribution is 5.96. The SMILES string of the molecule is Cc1ccc(-c2noc([C@@H]3CC(=O)N(c4ccc(C)cc4)C3)n2)cc1. The Balaban J connectivity index is 1.54. The van der Waals surface area contributed by atoms with Gasteiger partial charge in [-0.1, -0.05) is 52.7 Å². The van der Waals surface area contributed by atoms with E-state index in [1.54, 1.807) is 4.90 Å². The molecule has 1 fully saturated rings. The maximum atomic E-state index is 12.4. The number of benzene rings is 2. The molecule has 1 aliphatic heterocycles. The highest BCUT2D eigenvalue weighted by Crippen LogP contribution is 2.32. The summed E-state index contributed by atoms with van der Waals surface area (Å²) in [5, 5.41) is 4.08. The van der Waals surface area contributed by atoms with Gasteiger partial charge in [0.1, 0.15) is 0 Å². The molecule has 1 aromatic heterocycles. The van der Waals surface area contributed by atoms with Crippen molar-refractivity contribution in [3.63, 3.8) is 0 Å². The van der Waals surface area contributed by atoms with Crippen LogP contribution in [0, 0.1) is 13.8 Å². The second-order valence-corrected chi connectivity index (χ2v) is 6.56. The van der Waals surface area contributed by atoms with Crippen molar-refractivity contribution < 1.29 is 9.32 Å². The average molecular weight is 333 g/mol. The van der Waals surface area contributed by atoms with Crippen LogP contribution < -0.4 is 4.90 Å². The van der Waals surface area contributed by atoms with Crippen molar-refractivity contribution >= 4 is 11.6 Å². The summed E-state index contributed by atoms with van der Waals surface area (Å²) < 4.78 is 5.44. The lowest BCUT2D eigenvalue weighted by molar-refractivity contribution is -0.117. The zero-order valence-corrected chi connectivity index (χ0v) is 14.3. The van der Waals surface area contributed by atoms with Crippen LogP contribution in [-0.4, -0.2) is 22.6 Å². The summed E-state index contributed by atoms with van der Waals surface area (Å²) in [6, 6.07) is 16.0. The van der Waals surface area contributed by atoms with Gasteiger partial charge in [0.2, 0.25) is 17.6 Å². The Bertz CT molecular complexity index is 897. The largest absolute Gasteiger partial charge is 0.339 e. The molecule has 1 amide bonds. The molecule has 2 aromatic carbocycles. The predicted octanol–water partition coefficient (Wildman–Crippen LogP) is 3.87. The molecule has 1 atom stereocenters. The predicted molar refractivity (Wildman–Crippen MR) is 95.4 cm³/mol. The maximum absolute atomic E-state index is 12.4. The lowest BCUT2D eigenvalue weighted by Gasteiger charge is -2.16. The first-order valence-electron chi connectivity index (χ1n) is 8.38. The molecule has 3 aromatic rings. The topological polar surface area (TPSA) is 59.2 Å². The lowest BCUT2D eigenvalue weighted by atomic mass is 10.1.